The summed E-state index contributed by atoms with van der Waals surface area (Å²) in [5.41, 5.74) is 0. The van der Waals surface area contributed by atoms with Gasteiger partial charge < -0.3 is 4.90 Å². The third kappa shape index (κ3) is 3.61. The highest BCUT2D eigenvalue weighted by Crippen LogP contribution is 2.13. The lowest BCUT2D eigenvalue weighted by Gasteiger charge is -2.32. The molecule has 16 heavy (non-hydrogen) atoms. The quantitative estimate of drug-likeness (QED) is 0.766. The molecule has 1 atom stereocenters. The lowest BCUT2D eigenvalue weighted by molar-refractivity contribution is -0.135. The predicted molar refractivity (Wildman–Crippen MR) is 62.1 cm³/mol. The molecule has 0 radical (unpaired) electrons. The summed E-state index contributed by atoms with van der Waals surface area (Å²) in [7, 11) is -3.39. The summed E-state index contributed by atoms with van der Waals surface area (Å²) in [6.07, 6.45) is 2.49. The van der Waals surface area contributed by atoms with Gasteiger partial charge in [0.15, 0.2) is 0 Å². The van der Waals surface area contributed by atoms with Gasteiger partial charge in [0.1, 0.15) is 0 Å². The van der Waals surface area contributed by atoms with Crippen LogP contribution in [0.5, 0.6) is 0 Å². The number of carbonyl (C=O) groups excluding carboxylic acids is 1. The van der Waals surface area contributed by atoms with E-state index in [9.17, 15) is 13.2 Å². The van der Waals surface area contributed by atoms with Crippen LogP contribution in [-0.4, -0.2) is 38.4 Å². The molecular formula is C10H18N2O3S. The molecule has 0 aromatic heterocycles. The lowest BCUT2D eigenvalue weighted by Crippen LogP contribution is -2.47. The first-order chi connectivity index (χ1) is 7.46. The second kappa shape index (κ2) is 5.45. The summed E-state index contributed by atoms with van der Waals surface area (Å²) in [4.78, 5) is 13.3. The molecular weight excluding hydrogens is 228 g/mol. The van der Waals surface area contributed by atoms with E-state index in [0.29, 0.717) is 6.42 Å². The molecule has 5 nitrogen and oxygen atoms in total. The van der Waals surface area contributed by atoms with Crippen LogP contribution in [0, 0.1) is 0 Å². The second-order valence-electron chi connectivity index (χ2n) is 3.95. The van der Waals surface area contributed by atoms with E-state index in [2.05, 4.69) is 11.3 Å². The molecule has 0 bridgehead atoms. The molecule has 92 valence electrons. The molecule has 1 aliphatic heterocycles. The number of piperidine rings is 1. The fraction of sp³-hybridized carbons (Fsp3) is 0.700. The molecule has 1 saturated heterocycles. The van der Waals surface area contributed by atoms with Gasteiger partial charge in [0, 0.05) is 31.0 Å². The molecule has 1 rings (SSSR count). The fourth-order valence-corrected chi connectivity index (χ4v) is 2.29. The first-order valence-corrected chi connectivity index (χ1v) is 6.92. The number of sulfonamides is 1. The summed E-state index contributed by atoms with van der Waals surface area (Å²) >= 11 is 0. The highest BCUT2D eigenvalue weighted by atomic mass is 32.2. The van der Waals surface area contributed by atoms with Gasteiger partial charge in [-0.05, 0) is 19.8 Å². The topological polar surface area (TPSA) is 66.5 Å². The summed E-state index contributed by atoms with van der Waals surface area (Å²) < 4.78 is 24.7. The van der Waals surface area contributed by atoms with E-state index >= 15 is 0 Å². The van der Waals surface area contributed by atoms with Crippen LogP contribution >= 0.6 is 0 Å². The van der Waals surface area contributed by atoms with E-state index in [1.165, 1.54) is 0 Å². The van der Waals surface area contributed by atoms with Crippen molar-refractivity contribution in [2.24, 2.45) is 0 Å². The van der Waals surface area contributed by atoms with Crippen molar-refractivity contribution >= 4 is 15.9 Å². The maximum atomic E-state index is 11.6. The minimum absolute atomic E-state index is 0.108. The Morgan fingerprint density at radius 2 is 2.25 bits per heavy atom. The van der Waals surface area contributed by atoms with Crippen LogP contribution in [0.3, 0.4) is 0 Å². The Labute approximate surface area is 96.6 Å². The van der Waals surface area contributed by atoms with E-state index in [1.807, 2.05) is 6.92 Å². The van der Waals surface area contributed by atoms with Gasteiger partial charge in [0.2, 0.25) is 15.9 Å². The van der Waals surface area contributed by atoms with Gasteiger partial charge in [-0.25, -0.2) is 13.1 Å². The van der Waals surface area contributed by atoms with Crippen LogP contribution in [0.4, 0.5) is 0 Å². The molecule has 1 aliphatic rings. The maximum absolute atomic E-state index is 11.6. The molecule has 0 aromatic rings. The SMILES string of the molecule is C=CS(=O)(=O)NCC(C)N1CCCCC1=O. The number of nitrogens with one attached hydrogen (secondary N) is 1. The van der Waals surface area contributed by atoms with Crippen LogP contribution in [0.25, 0.3) is 0 Å². The van der Waals surface area contributed by atoms with Crippen LogP contribution in [0.2, 0.25) is 0 Å². The summed E-state index contributed by atoms with van der Waals surface area (Å²) in [5.74, 6) is 0.108. The van der Waals surface area contributed by atoms with Gasteiger partial charge >= 0.3 is 0 Å². The molecule has 1 amide bonds. The Hall–Kier alpha value is -0.880. The molecule has 0 aromatic carbocycles. The Kier molecular flexibility index (Phi) is 4.49. The Balaban J connectivity index is 2.48. The van der Waals surface area contributed by atoms with E-state index in [-0.39, 0.29) is 18.5 Å². The van der Waals surface area contributed by atoms with Crippen molar-refractivity contribution in [3.63, 3.8) is 0 Å². The van der Waals surface area contributed by atoms with Crippen LogP contribution in [-0.2, 0) is 14.8 Å². The normalized spacial score (nSPS) is 19.6. The highest BCUT2D eigenvalue weighted by molar-refractivity contribution is 7.92. The number of amides is 1. The highest BCUT2D eigenvalue weighted by Gasteiger charge is 2.23. The molecule has 0 spiro atoms. The number of hydrogen-bond acceptors (Lipinski definition) is 3. The largest absolute Gasteiger partial charge is 0.339 e. The van der Waals surface area contributed by atoms with Crippen molar-refractivity contribution in [3.8, 4) is 0 Å². The van der Waals surface area contributed by atoms with Crippen LogP contribution in [0.15, 0.2) is 12.0 Å². The Bertz CT molecular complexity index is 364. The predicted octanol–water partition coefficient (Wildman–Crippen LogP) is 0.450. The van der Waals surface area contributed by atoms with Gasteiger partial charge in [-0.3, -0.25) is 4.79 Å². The standard InChI is InChI=1S/C10H18N2O3S/c1-3-16(14,15)11-8-9(2)12-7-5-4-6-10(12)13/h3,9,11H,1,4-8H2,2H3. The first-order valence-electron chi connectivity index (χ1n) is 5.38. The van der Waals surface area contributed by atoms with E-state index in [4.69, 9.17) is 0 Å². The minimum atomic E-state index is -3.39. The Morgan fingerprint density at radius 1 is 1.56 bits per heavy atom. The number of nitrogens with zero attached hydrogens (tertiary/aromatic N) is 1. The zero-order valence-electron chi connectivity index (χ0n) is 9.48. The molecule has 0 saturated carbocycles. The molecule has 0 aliphatic carbocycles. The van der Waals surface area contributed by atoms with Crippen molar-refractivity contribution in [2.75, 3.05) is 13.1 Å². The Morgan fingerprint density at radius 3 is 2.81 bits per heavy atom. The van der Waals surface area contributed by atoms with Gasteiger partial charge in [-0.1, -0.05) is 6.58 Å². The van der Waals surface area contributed by atoms with Crippen molar-refractivity contribution in [2.45, 2.75) is 32.2 Å². The smallest absolute Gasteiger partial charge is 0.233 e. The average Bonchev–Trinajstić information content (AvgIpc) is 2.27. The van der Waals surface area contributed by atoms with E-state index < -0.39 is 10.0 Å². The molecule has 1 fully saturated rings. The molecule has 1 N–H and O–H groups in total. The van der Waals surface area contributed by atoms with Crippen molar-refractivity contribution in [3.05, 3.63) is 12.0 Å². The van der Waals surface area contributed by atoms with Crippen LogP contribution < -0.4 is 4.72 Å². The monoisotopic (exact) mass is 246 g/mol. The molecule has 1 unspecified atom stereocenters. The van der Waals surface area contributed by atoms with Crippen molar-refractivity contribution in [1.29, 1.82) is 0 Å². The summed E-state index contributed by atoms with van der Waals surface area (Å²) in [6, 6.07) is -0.109. The number of rotatable bonds is 5. The van der Waals surface area contributed by atoms with Crippen molar-refractivity contribution in [1.82, 2.24) is 9.62 Å². The summed E-state index contributed by atoms with van der Waals surface area (Å²) in [5, 5.41) is 0.873. The van der Waals surface area contributed by atoms with Gasteiger partial charge in [-0.2, -0.15) is 0 Å². The zero-order valence-corrected chi connectivity index (χ0v) is 10.3. The molecule has 1 heterocycles. The third-order valence-electron chi connectivity index (χ3n) is 2.69. The maximum Gasteiger partial charge on any atom is 0.233 e. The minimum Gasteiger partial charge on any atom is -0.339 e. The second-order valence-corrected chi connectivity index (χ2v) is 5.67. The average molecular weight is 246 g/mol. The zero-order chi connectivity index (χ0) is 12.2. The number of carbonyl (C=O) groups is 1. The summed E-state index contributed by atoms with van der Waals surface area (Å²) in [6.45, 7) is 6.00. The van der Waals surface area contributed by atoms with Gasteiger partial charge in [-0.15, -0.1) is 0 Å². The van der Waals surface area contributed by atoms with E-state index in [1.54, 1.807) is 4.90 Å². The van der Waals surface area contributed by atoms with Crippen molar-refractivity contribution < 1.29 is 13.2 Å². The van der Waals surface area contributed by atoms with E-state index in [0.717, 1.165) is 24.8 Å². The molecule has 6 heteroatoms. The first kappa shape index (κ1) is 13.2. The fourth-order valence-electron chi connectivity index (χ4n) is 1.70. The number of hydrogen-bond donors (Lipinski definition) is 1. The van der Waals surface area contributed by atoms with Gasteiger partial charge in [0.25, 0.3) is 0 Å². The lowest BCUT2D eigenvalue weighted by atomic mass is 10.1. The van der Waals surface area contributed by atoms with Gasteiger partial charge in [0.05, 0.1) is 0 Å². The third-order valence-corrected chi connectivity index (χ3v) is 3.70. The number of likely N-dealkylation sites (tertiary alicyclic amines) is 1. The van der Waals surface area contributed by atoms with Crippen LogP contribution in [0.1, 0.15) is 26.2 Å².